The van der Waals surface area contributed by atoms with Crippen molar-refractivity contribution in [2.75, 3.05) is 27.7 Å². The molecular formula is C27H55NO4P+. The third kappa shape index (κ3) is 19.5. The molecule has 6 heteroatoms. The van der Waals surface area contributed by atoms with E-state index in [1.54, 1.807) is 0 Å². The molecule has 1 unspecified atom stereocenters. The lowest BCUT2D eigenvalue weighted by molar-refractivity contribution is -0.875. The lowest BCUT2D eigenvalue weighted by Crippen LogP contribution is -2.49. The van der Waals surface area contributed by atoms with Crippen LogP contribution in [0, 0.1) is 0 Å². The summed E-state index contributed by atoms with van der Waals surface area (Å²) in [5.41, 5.74) is 0. The fourth-order valence-electron chi connectivity index (χ4n) is 4.21. The molecule has 0 saturated heterocycles. The second kappa shape index (κ2) is 18.8. The fourth-order valence-corrected chi connectivity index (χ4v) is 5.26. The number of unbranched alkanes of at least 4 members (excludes halogenated alkanes) is 13. The molecule has 0 saturated carbocycles. The van der Waals surface area contributed by atoms with Crippen LogP contribution in [0.15, 0.2) is 24.3 Å². The van der Waals surface area contributed by atoms with Crippen LogP contribution in [0.25, 0.3) is 0 Å². The summed E-state index contributed by atoms with van der Waals surface area (Å²) in [5, 5.41) is 8.64. The molecule has 0 aromatic carbocycles. The first-order chi connectivity index (χ1) is 15.5. The summed E-state index contributed by atoms with van der Waals surface area (Å²) in [6, 6.07) is 0. The van der Waals surface area contributed by atoms with Gasteiger partial charge in [-0.05, 0) is 57.8 Å². The molecule has 0 spiro atoms. The molecule has 0 aromatic heterocycles. The van der Waals surface area contributed by atoms with Gasteiger partial charge in [0.05, 0.1) is 21.1 Å². The molecule has 0 aliphatic rings. The smallest absolute Gasteiger partial charge is 0.362 e. The van der Waals surface area contributed by atoms with Crippen molar-refractivity contribution in [3.63, 3.8) is 0 Å². The molecule has 0 aliphatic carbocycles. The fraction of sp³-hybridized carbons (Fsp3) is 0.852. The predicted molar refractivity (Wildman–Crippen MR) is 142 cm³/mol. The van der Waals surface area contributed by atoms with Crippen LogP contribution in [0.3, 0.4) is 0 Å². The Morgan fingerprint density at radius 2 is 1.03 bits per heavy atom. The zero-order valence-electron chi connectivity index (χ0n) is 22.2. The SMILES string of the molecule is CC/C=C\CCCCC/C=C\CCCCCCCCCCCC(O)(C[N+](C)(C)C)P(=O)(O)O. The molecule has 0 bridgehead atoms. The van der Waals surface area contributed by atoms with E-state index < -0.39 is 12.9 Å². The lowest BCUT2D eigenvalue weighted by atomic mass is 10.0. The quantitative estimate of drug-likeness (QED) is 0.0645. The topological polar surface area (TPSA) is 77.8 Å². The maximum atomic E-state index is 11.8. The Hall–Kier alpha value is -0.450. The van der Waals surface area contributed by atoms with Crippen LogP contribution in [0.5, 0.6) is 0 Å². The normalized spacial score (nSPS) is 15.0. The van der Waals surface area contributed by atoms with Crippen LogP contribution in [0.2, 0.25) is 0 Å². The molecule has 0 aromatic rings. The van der Waals surface area contributed by atoms with Gasteiger partial charge in [-0.3, -0.25) is 4.57 Å². The molecule has 3 N–H and O–H groups in total. The summed E-state index contributed by atoms with van der Waals surface area (Å²) in [6.07, 6.45) is 28.4. The summed E-state index contributed by atoms with van der Waals surface area (Å²) in [7, 11) is 0.973. The summed E-state index contributed by atoms with van der Waals surface area (Å²) in [5.74, 6) is 0. The van der Waals surface area contributed by atoms with Crippen molar-refractivity contribution >= 4 is 7.60 Å². The molecule has 0 rings (SSSR count). The molecule has 196 valence electrons. The molecule has 33 heavy (non-hydrogen) atoms. The van der Waals surface area contributed by atoms with Gasteiger partial charge in [0.1, 0.15) is 6.54 Å². The molecule has 5 nitrogen and oxygen atoms in total. The molecule has 0 fully saturated rings. The molecular weight excluding hydrogens is 433 g/mol. The Balaban J connectivity index is 3.59. The molecule has 0 aliphatic heterocycles. The minimum absolute atomic E-state index is 0.0589. The predicted octanol–water partition coefficient (Wildman–Crippen LogP) is 7.32. The minimum atomic E-state index is -4.55. The van der Waals surface area contributed by atoms with Crippen LogP contribution in [0.4, 0.5) is 0 Å². The molecule has 1 atom stereocenters. The van der Waals surface area contributed by atoms with Gasteiger partial charge in [-0.25, -0.2) is 0 Å². The van der Waals surface area contributed by atoms with Gasteiger partial charge < -0.3 is 19.4 Å². The highest BCUT2D eigenvalue weighted by atomic mass is 31.2. The van der Waals surface area contributed by atoms with Gasteiger partial charge in [-0.1, -0.05) is 82.6 Å². The van der Waals surface area contributed by atoms with E-state index >= 15 is 0 Å². The van der Waals surface area contributed by atoms with E-state index in [9.17, 15) is 19.5 Å². The van der Waals surface area contributed by atoms with Gasteiger partial charge in [0.25, 0.3) is 0 Å². The van der Waals surface area contributed by atoms with Gasteiger partial charge in [0.15, 0.2) is 0 Å². The van der Waals surface area contributed by atoms with Gasteiger partial charge in [0, 0.05) is 0 Å². The number of nitrogens with zero attached hydrogens (tertiary/aromatic N) is 1. The van der Waals surface area contributed by atoms with E-state index in [-0.39, 0.29) is 13.0 Å². The van der Waals surface area contributed by atoms with Gasteiger partial charge >= 0.3 is 7.60 Å². The third-order valence-corrected chi connectivity index (χ3v) is 7.48. The van der Waals surface area contributed by atoms with Crippen molar-refractivity contribution in [3.05, 3.63) is 24.3 Å². The highest BCUT2D eigenvalue weighted by Crippen LogP contribution is 2.52. The van der Waals surface area contributed by atoms with Crippen LogP contribution in [-0.2, 0) is 4.57 Å². The van der Waals surface area contributed by atoms with Gasteiger partial charge in [0.2, 0.25) is 5.34 Å². The van der Waals surface area contributed by atoms with E-state index in [0.29, 0.717) is 10.9 Å². The number of hydrogen-bond acceptors (Lipinski definition) is 2. The Morgan fingerprint density at radius 3 is 1.42 bits per heavy atom. The monoisotopic (exact) mass is 488 g/mol. The van der Waals surface area contributed by atoms with Crippen molar-refractivity contribution in [3.8, 4) is 0 Å². The van der Waals surface area contributed by atoms with Crippen molar-refractivity contribution in [1.82, 2.24) is 0 Å². The number of hydrogen-bond donors (Lipinski definition) is 3. The van der Waals surface area contributed by atoms with Crippen LogP contribution < -0.4 is 0 Å². The van der Waals surface area contributed by atoms with Gasteiger partial charge in [-0.2, -0.15) is 0 Å². The first-order valence-electron chi connectivity index (χ1n) is 13.4. The Bertz CT molecular complexity index is 565. The largest absolute Gasteiger partial charge is 0.373 e. The third-order valence-electron chi connectivity index (χ3n) is 6.03. The lowest BCUT2D eigenvalue weighted by Gasteiger charge is -2.35. The van der Waals surface area contributed by atoms with E-state index in [1.807, 2.05) is 21.1 Å². The average Bonchev–Trinajstić information content (AvgIpc) is 2.70. The molecule has 0 amide bonds. The van der Waals surface area contributed by atoms with Crippen LogP contribution >= 0.6 is 7.60 Å². The van der Waals surface area contributed by atoms with Crippen molar-refractivity contribution in [2.24, 2.45) is 0 Å². The van der Waals surface area contributed by atoms with E-state index in [2.05, 4.69) is 31.2 Å². The first-order valence-corrected chi connectivity index (χ1v) is 15.0. The zero-order chi connectivity index (χ0) is 25.1. The van der Waals surface area contributed by atoms with E-state index in [0.717, 1.165) is 25.7 Å². The molecule has 0 heterocycles. The van der Waals surface area contributed by atoms with E-state index in [1.165, 1.54) is 70.6 Å². The average molecular weight is 489 g/mol. The summed E-state index contributed by atoms with van der Waals surface area (Å²) >= 11 is 0. The van der Waals surface area contributed by atoms with Crippen molar-refractivity contribution in [2.45, 2.75) is 121 Å². The number of allylic oxidation sites excluding steroid dienone is 4. The van der Waals surface area contributed by atoms with Crippen molar-refractivity contribution in [1.29, 1.82) is 0 Å². The van der Waals surface area contributed by atoms with Crippen molar-refractivity contribution < 1.29 is 23.9 Å². The highest BCUT2D eigenvalue weighted by molar-refractivity contribution is 7.53. The second-order valence-electron chi connectivity index (χ2n) is 10.7. The maximum Gasteiger partial charge on any atom is 0.362 e. The van der Waals surface area contributed by atoms with E-state index in [4.69, 9.17) is 0 Å². The second-order valence-corrected chi connectivity index (χ2v) is 12.6. The Morgan fingerprint density at radius 1 is 0.667 bits per heavy atom. The van der Waals surface area contributed by atoms with Crippen LogP contribution in [-0.4, -0.2) is 52.4 Å². The summed E-state index contributed by atoms with van der Waals surface area (Å²) in [6.45, 7) is 2.24. The number of aliphatic hydroxyl groups is 1. The minimum Gasteiger partial charge on any atom is -0.373 e. The van der Waals surface area contributed by atoms with Crippen LogP contribution in [0.1, 0.15) is 116 Å². The zero-order valence-corrected chi connectivity index (χ0v) is 23.1. The standard InChI is InChI=1S/C27H54NO4P/c1-5-6-7-8-9-10-11-12-13-14-15-16-17-18-19-20-21-22-23-24-25-27(29,33(30,31)32)26-28(2,3)4/h6-7,13-14,29H,5,8-12,15-26H2,1-4H3,(H-,30,31,32)/p+1/b7-6-,14-13-. The molecule has 0 radical (unpaired) electrons. The van der Waals surface area contributed by atoms with Gasteiger partial charge in [-0.15, -0.1) is 0 Å². The Labute approximate surface area is 205 Å². The summed E-state index contributed by atoms with van der Waals surface area (Å²) < 4.78 is 12.1. The first kappa shape index (κ1) is 32.5. The maximum absolute atomic E-state index is 11.8. The summed E-state index contributed by atoms with van der Waals surface area (Å²) in [4.78, 5) is 19.2. The number of rotatable bonds is 22. The highest BCUT2D eigenvalue weighted by Gasteiger charge is 2.48. The number of quaternary nitrogens is 1. The Kier molecular flexibility index (Phi) is 18.6. The number of likely N-dealkylation sites (N-methyl/N-ethyl adjacent to an activating group) is 1.